The van der Waals surface area contributed by atoms with Crippen molar-refractivity contribution in [1.82, 2.24) is 5.32 Å². The number of aryl methyl sites for hydroxylation is 1. The van der Waals surface area contributed by atoms with Crippen LogP contribution in [0.3, 0.4) is 0 Å². The number of nitrogens with one attached hydrogen (secondary N) is 1. The molecular weight excluding hydrogens is 266 g/mol. The van der Waals surface area contributed by atoms with E-state index in [0.717, 1.165) is 31.4 Å². The van der Waals surface area contributed by atoms with Gasteiger partial charge in [-0.2, -0.15) is 0 Å². The minimum Gasteiger partial charge on any atom is -0.463 e. The van der Waals surface area contributed by atoms with Crippen molar-refractivity contribution in [3.8, 4) is 0 Å². The normalized spacial score (nSPS) is 21.3. The molecule has 1 fully saturated rings. The first-order chi connectivity index (χ1) is 9.83. The van der Waals surface area contributed by atoms with Crippen LogP contribution in [0.2, 0.25) is 0 Å². The van der Waals surface area contributed by atoms with Crippen LogP contribution in [0.25, 0.3) is 0 Å². The summed E-state index contributed by atoms with van der Waals surface area (Å²) in [5, 5.41) is 13.4. The fourth-order valence-corrected chi connectivity index (χ4v) is 3.01. The second-order valence-corrected chi connectivity index (χ2v) is 6.84. The molecule has 0 aromatic carbocycles. The Morgan fingerprint density at radius 3 is 2.48 bits per heavy atom. The van der Waals surface area contributed by atoms with Gasteiger partial charge in [0.2, 0.25) is 5.91 Å². The monoisotopic (exact) mass is 293 g/mol. The minimum absolute atomic E-state index is 0.0490. The quantitative estimate of drug-likeness (QED) is 0.837. The molecule has 0 saturated heterocycles. The van der Waals surface area contributed by atoms with Crippen LogP contribution in [0.15, 0.2) is 16.5 Å². The topological polar surface area (TPSA) is 62.5 Å². The van der Waals surface area contributed by atoms with Crippen LogP contribution in [0.4, 0.5) is 0 Å². The van der Waals surface area contributed by atoms with E-state index in [1.54, 1.807) is 13.0 Å². The second kappa shape index (κ2) is 6.22. The summed E-state index contributed by atoms with van der Waals surface area (Å²) in [4.78, 5) is 12.5. The molecule has 2 rings (SSSR count). The molecule has 2 N–H and O–H groups in total. The van der Waals surface area contributed by atoms with Crippen molar-refractivity contribution in [2.24, 2.45) is 5.41 Å². The third-order valence-corrected chi connectivity index (χ3v) is 4.62. The van der Waals surface area contributed by atoms with Crippen molar-refractivity contribution < 1.29 is 14.3 Å². The lowest BCUT2D eigenvalue weighted by atomic mass is 9.81. The number of carbonyl (C=O) groups excluding carboxylic acids is 1. The maximum absolute atomic E-state index is 12.5. The predicted octanol–water partition coefficient (Wildman–Crippen LogP) is 3.27. The molecule has 1 amide bonds. The summed E-state index contributed by atoms with van der Waals surface area (Å²) in [5.41, 5.74) is -1.48. The summed E-state index contributed by atoms with van der Waals surface area (Å²) in [6.07, 6.45) is 6.51. The number of furan rings is 1. The van der Waals surface area contributed by atoms with Gasteiger partial charge >= 0.3 is 0 Å². The summed E-state index contributed by atoms with van der Waals surface area (Å²) < 4.78 is 5.47. The lowest BCUT2D eigenvalue weighted by Gasteiger charge is -2.29. The van der Waals surface area contributed by atoms with Gasteiger partial charge in [-0.05, 0) is 38.8 Å². The Morgan fingerprint density at radius 2 is 1.95 bits per heavy atom. The van der Waals surface area contributed by atoms with E-state index in [9.17, 15) is 9.90 Å². The van der Waals surface area contributed by atoms with Gasteiger partial charge in [0.25, 0.3) is 0 Å². The summed E-state index contributed by atoms with van der Waals surface area (Å²) in [5.74, 6) is 1.30. The molecular formula is C17H27NO3. The first-order valence-corrected chi connectivity index (χ1v) is 7.91. The SMILES string of the molecule is Cc1ccc(C(C)(O)CNC(=O)C2(C)CCCCCC2)o1. The van der Waals surface area contributed by atoms with Crippen molar-refractivity contribution in [2.75, 3.05) is 6.54 Å². The second-order valence-electron chi connectivity index (χ2n) is 6.84. The Balaban J connectivity index is 1.96. The largest absolute Gasteiger partial charge is 0.463 e. The average molecular weight is 293 g/mol. The molecule has 0 bridgehead atoms. The molecule has 1 saturated carbocycles. The highest BCUT2D eigenvalue weighted by Crippen LogP contribution is 2.35. The summed E-state index contributed by atoms with van der Waals surface area (Å²) >= 11 is 0. The Hall–Kier alpha value is -1.29. The molecule has 1 aromatic rings. The lowest BCUT2D eigenvalue weighted by molar-refractivity contribution is -0.132. The van der Waals surface area contributed by atoms with Crippen LogP contribution in [-0.2, 0) is 10.4 Å². The first-order valence-electron chi connectivity index (χ1n) is 7.91. The zero-order chi connectivity index (χ0) is 15.5. The number of carbonyl (C=O) groups is 1. The van der Waals surface area contributed by atoms with E-state index in [4.69, 9.17) is 4.42 Å². The minimum atomic E-state index is -1.18. The van der Waals surface area contributed by atoms with Gasteiger partial charge in [-0.1, -0.05) is 32.6 Å². The summed E-state index contributed by atoms with van der Waals surface area (Å²) in [7, 11) is 0. The van der Waals surface area contributed by atoms with Crippen LogP contribution in [0.1, 0.15) is 63.9 Å². The van der Waals surface area contributed by atoms with E-state index in [1.807, 2.05) is 19.9 Å². The molecule has 1 aromatic heterocycles. The molecule has 1 atom stereocenters. The van der Waals surface area contributed by atoms with E-state index in [2.05, 4.69) is 5.32 Å². The average Bonchev–Trinajstić information content (AvgIpc) is 2.75. The molecule has 1 unspecified atom stereocenters. The van der Waals surface area contributed by atoms with Crippen LogP contribution >= 0.6 is 0 Å². The Kier molecular flexibility index (Phi) is 4.77. The Morgan fingerprint density at radius 1 is 1.33 bits per heavy atom. The van der Waals surface area contributed by atoms with Gasteiger partial charge < -0.3 is 14.8 Å². The van der Waals surface area contributed by atoms with E-state index >= 15 is 0 Å². The molecule has 0 spiro atoms. The Labute approximate surface area is 126 Å². The smallest absolute Gasteiger partial charge is 0.226 e. The summed E-state index contributed by atoms with van der Waals surface area (Å²) in [6.45, 7) is 5.72. The predicted molar refractivity (Wildman–Crippen MR) is 81.8 cm³/mol. The number of aliphatic hydroxyl groups is 1. The number of hydrogen-bond acceptors (Lipinski definition) is 3. The standard InChI is InChI=1S/C17H27NO3/c1-13-8-9-14(21-13)17(3,20)12-18-15(19)16(2)10-6-4-5-7-11-16/h8-9,20H,4-7,10-12H2,1-3H3,(H,18,19). The zero-order valence-corrected chi connectivity index (χ0v) is 13.4. The van der Waals surface area contributed by atoms with Crippen molar-refractivity contribution in [3.05, 3.63) is 23.7 Å². The fraction of sp³-hybridized carbons (Fsp3) is 0.706. The lowest BCUT2D eigenvalue weighted by Crippen LogP contribution is -2.45. The van der Waals surface area contributed by atoms with Gasteiger partial charge in [-0.15, -0.1) is 0 Å². The van der Waals surface area contributed by atoms with E-state index in [1.165, 1.54) is 12.8 Å². The molecule has 1 aliphatic carbocycles. The Bertz CT molecular complexity index is 482. The molecule has 4 heteroatoms. The third-order valence-electron chi connectivity index (χ3n) is 4.62. The van der Waals surface area contributed by atoms with Gasteiger partial charge in [0, 0.05) is 5.41 Å². The van der Waals surface area contributed by atoms with Crippen LogP contribution < -0.4 is 5.32 Å². The van der Waals surface area contributed by atoms with E-state index < -0.39 is 5.60 Å². The first kappa shape index (κ1) is 16.1. The molecule has 1 aliphatic rings. The summed E-state index contributed by atoms with van der Waals surface area (Å²) in [6, 6.07) is 3.58. The highest BCUT2D eigenvalue weighted by molar-refractivity contribution is 5.82. The van der Waals surface area contributed by atoms with Gasteiger partial charge in [0.15, 0.2) is 0 Å². The highest BCUT2D eigenvalue weighted by atomic mass is 16.4. The van der Waals surface area contributed by atoms with Crippen molar-refractivity contribution in [3.63, 3.8) is 0 Å². The van der Waals surface area contributed by atoms with Crippen molar-refractivity contribution in [2.45, 2.75) is 64.9 Å². The van der Waals surface area contributed by atoms with Gasteiger partial charge in [-0.3, -0.25) is 4.79 Å². The molecule has 118 valence electrons. The number of amides is 1. The van der Waals surface area contributed by atoms with E-state index in [-0.39, 0.29) is 17.9 Å². The maximum atomic E-state index is 12.5. The van der Waals surface area contributed by atoms with Crippen molar-refractivity contribution in [1.29, 1.82) is 0 Å². The molecule has 0 aliphatic heterocycles. The van der Waals surface area contributed by atoms with Crippen LogP contribution in [-0.4, -0.2) is 17.6 Å². The van der Waals surface area contributed by atoms with Gasteiger partial charge in [-0.25, -0.2) is 0 Å². The highest BCUT2D eigenvalue weighted by Gasteiger charge is 2.35. The van der Waals surface area contributed by atoms with Crippen LogP contribution in [0, 0.1) is 12.3 Å². The van der Waals surface area contributed by atoms with E-state index in [0.29, 0.717) is 5.76 Å². The van der Waals surface area contributed by atoms with Crippen LogP contribution in [0.5, 0.6) is 0 Å². The fourth-order valence-electron chi connectivity index (χ4n) is 3.01. The molecule has 21 heavy (non-hydrogen) atoms. The number of rotatable bonds is 4. The zero-order valence-electron chi connectivity index (χ0n) is 13.4. The maximum Gasteiger partial charge on any atom is 0.226 e. The van der Waals surface area contributed by atoms with Gasteiger partial charge in [0.1, 0.15) is 17.1 Å². The molecule has 1 heterocycles. The van der Waals surface area contributed by atoms with Crippen molar-refractivity contribution >= 4 is 5.91 Å². The third kappa shape index (κ3) is 3.88. The number of hydrogen-bond donors (Lipinski definition) is 2. The molecule has 4 nitrogen and oxygen atoms in total. The van der Waals surface area contributed by atoms with Gasteiger partial charge in [0.05, 0.1) is 6.54 Å². The molecule has 0 radical (unpaired) electrons.